The molecule has 0 aliphatic carbocycles. The first-order chi connectivity index (χ1) is 19.5. The lowest BCUT2D eigenvalue weighted by atomic mass is 10.2. The number of methoxy groups -OCH3 is 2. The Labute approximate surface area is 234 Å². The lowest BCUT2D eigenvalue weighted by Crippen LogP contribution is -2.46. The van der Waals surface area contributed by atoms with Gasteiger partial charge in [-0.15, -0.1) is 0 Å². The van der Waals surface area contributed by atoms with Crippen LogP contribution < -0.4 is 30.3 Å². The highest BCUT2D eigenvalue weighted by Crippen LogP contribution is 2.31. The maximum Gasteiger partial charge on any atom is 0.247 e. The van der Waals surface area contributed by atoms with Gasteiger partial charge in [-0.1, -0.05) is 13.5 Å². The Morgan fingerprint density at radius 1 is 1.12 bits per heavy atom. The summed E-state index contributed by atoms with van der Waals surface area (Å²) in [6, 6.07) is 13.4. The molecule has 0 saturated carbocycles. The van der Waals surface area contributed by atoms with Crippen LogP contribution in [0.15, 0.2) is 55.3 Å². The van der Waals surface area contributed by atoms with Crippen LogP contribution in [0.25, 0.3) is 0 Å². The highest BCUT2D eigenvalue weighted by Gasteiger charge is 2.18. The second kappa shape index (κ2) is 13.3. The highest BCUT2D eigenvalue weighted by atomic mass is 16.5. The van der Waals surface area contributed by atoms with Crippen LogP contribution in [-0.4, -0.2) is 67.7 Å². The van der Waals surface area contributed by atoms with Crippen molar-refractivity contribution in [2.75, 3.05) is 67.8 Å². The van der Waals surface area contributed by atoms with Crippen molar-refractivity contribution in [3.8, 4) is 17.6 Å². The van der Waals surface area contributed by atoms with E-state index < -0.39 is 0 Å². The molecule has 1 fully saturated rings. The zero-order valence-electron chi connectivity index (χ0n) is 23.0. The van der Waals surface area contributed by atoms with E-state index in [1.807, 2.05) is 36.4 Å². The summed E-state index contributed by atoms with van der Waals surface area (Å²) < 4.78 is 10.8. The van der Waals surface area contributed by atoms with Gasteiger partial charge in [0.15, 0.2) is 0 Å². The first-order valence-corrected chi connectivity index (χ1v) is 13.0. The van der Waals surface area contributed by atoms with E-state index in [2.05, 4.69) is 55.3 Å². The van der Waals surface area contributed by atoms with Crippen LogP contribution in [0.5, 0.6) is 11.5 Å². The number of carbonyl (C=O) groups is 1. The monoisotopic (exact) mass is 542 g/mol. The number of likely N-dealkylation sites (N-methyl/N-ethyl adjacent to an activating group) is 1. The zero-order chi connectivity index (χ0) is 28.5. The predicted molar refractivity (Wildman–Crippen MR) is 156 cm³/mol. The van der Waals surface area contributed by atoms with E-state index in [9.17, 15) is 10.1 Å². The summed E-state index contributed by atoms with van der Waals surface area (Å²) in [5.74, 6) is 1.65. The third-order valence-corrected chi connectivity index (χ3v) is 6.72. The zero-order valence-corrected chi connectivity index (χ0v) is 23.0. The van der Waals surface area contributed by atoms with Gasteiger partial charge >= 0.3 is 0 Å². The van der Waals surface area contributed by atoms with Crippen LogP contribution in [0.1, 0.15) is 18.1 Å². The van der Waals surface area contributed by atoms with Crippen LogP contribution in [-0.2, 0) is 11.3 Å². The molecule has 2 heterocycles. The molecule has 0 unspecified atom stereocenters. The van der Waals surface area contributed by atoms with E-state index in [1.165, 1.54) is 12.3 Å². The Bertz CT molecular complexity index is 1400. The maximum absolute atomic E-state index is 12.2. The second-order valence-electron chi connectivity index (χ2n) is 9.07. The van der Waals surface area contributed by atoms with Crippen LogP contribution in [0.2, 0.25) is 0 Å². The van der Waals surface area contributed by atoms with Gasteiger partial charge in [0.25, 0.3) is 0 Å². The Morgan fingerprint density at radius 2 is 1.93 bits per heavy atom. The number of nitrogens with one attached hydrogen (secondary N) is 3. The molecule has 1 aliphatic rings. The van der Waals surface area contributed by atoms with Gasteiger partial charge < -0.3 is 35.2 Å². The highest BCUT2D eigenvalue weighted by molar-refractivity contribution is 6.02. The molecule has 1 amide bonds. The van der Waals surface area contributed by atoms with Crippen LogP contribution >= 0.6 is 0 Å². The van der Waals surface area contributed by atoms with Gasteiger partial charge in [-0.05, 0) is 49.0 Å². The summed E-state index contributed by atoms with van der Waals surface area (Å²) in [6.45, 7) is 10.9. The SMILES string of the molecule is C=CC(=O)Nc1cc(N2CCN(CC)CC2)ccc1Nc1ncc(C#N)c(NCc2cc(OC)ccc2OC)n1. The van der Waals surface area contributed by atoms with Crippen LogP contribution in [0.3, 0.4) is 0 Å². The predicted octanol–water partition coefficient (Wildman–Crippen LogP) is 3.99. The smallest absolute Gasteiger partial charge is 0.247 e. The summed E-state index contributed by atoms with van der Waals surface area (Å²) in [7, 11) is 3.19. The van der Waals surface area contributed by atoms with Gasteiger partial charge in [-0.25, -0.2) is 4.98 Å². The normalized spacial score (nSPS) is 13.2. The Morgan fingerprint density at radius 3 is 2.60 bits per heavy atom. The third kappa shape index (κ3) is 6.78. The minimum Gasteiger partial charge on any atom is -0.497 e. The lowest BCUT2D eigenvalue weighted by Gasteiger charge is -2.35. The number of hydrogen-bond acceptors (Lipinski definition) is 10. The summed E-state index contributed by atoms with van der Waals surface area (Å²) in [5.41, 5.74) is 3.31. The molecule has 0 spiro atoms. The molecule has 11 nitrogen and oxygen atoms in total. The fraction of sp³-hybridized carbons (Fsp3) is 0.310. The minimum absolute atomic E-state index is 0.262. The average Bonchev–Trinajstić information content (AvgIpc) is 3.00. The number of benzene rings is 2. The lowest BCUT2D eigenvalue weighted by molar-refractivity contribution is -0.111. The molecule has 1 saturated heterocycles. The molecule has 4 rings (SSSR count). The van der Waals surface area contributed by atoms with Crippen molar-refractivity contribution in [3.63, 3.8) is 0 Å². The van der Waals surface area contributed by atoms with Crippen molar-refractivity contribution < 1.29 is 14.3 Å². The van der Waals surface area contributed by atoms with Crippen LogP contribution in [0, 0.1) is 11.3 Å². The molecule has 40 heavy (non-hydrogen) atoms. The molecule has 1 aliphatic heterocycles. The minimum atomic E-state index is -0.327. The molecule has 0 atom stereocenters. The van der Waals surface area contributed by atoms with E-state index in [1.54, 1.807) is 14.2 Å². The van der Waals surface area contributed by atoms with Crippen molar-refractivity contribution in [1.82, 2.24) is 14.9 Å². The van der Waals surface area contributed by atoms with Crippen molar-refractivity contribution in [3.05, 3.63) is 66.4 Å². The molecule has 3 aromatic rings. The summed E-state index contributed by atoms with van der Waals surface area (Å²) in [4.78, 5) is 25.8. The molecular formula is C29H34N8O3. The molecule has 0 radical (unpaired) electrons. The van der Waals surface area contributed by atoms with Gasteiger partial charge in [0.1, 0.15) is 28.9 Å². The van der Waals surface area contributed by atoms with Crippen molar-refractivity contribution in [1.29, 1.82) is 5.26 Å². The number of nitriles is 1. The van der Waals surface area contributed by atoms with Crippen molar-refractivity contribution in [2.24, 2.45) is 0 Å². The first-order valence-electron chi connectivity index (χ1n) is 13.0. The topological polar surface area (TPSA) is 128 Å². The van der Waals surface area contributed by atoms with Crippen LogP contribution in [0.4, 0.5) is 28.8 Å². The fourth-order valence-corrected chi connectivity index (χ4v) is 4.43. The van der Waals surface area contributed by atoms with Gasteiger partial charge in [0, 0.05) is 44.0 Å². The quantitative estimate of drug-likeness (QED) is 0.306. The molecule has 3 N–H and O–H groups in total. The summed E-state index contributed by atoms with van der Waals surface area (Å²) in [6.07, 6.45) is 2.67. The number of ether oxygens (including phenoxy) is 2. The van der Waals surface area contributed by atoms with Crippen molar-refractivity contribution >= 4 is 34.7 Å². The fourth-order valence-electron chi connectivity index (χ4n) is 4.43. The van der Waals surface area contributed by atoms with E-state index in [0.717, 1.165) is 44.0 Å². The molecule has 11 heteroatoms. The Balaban J connectivity index is 1.57. The average molecular weight is 543 g/mol. The molecule has 208 valence electrons. The Kier molecular flexibility index (Phi) is 9.38. The second-order valence-corrected chi connectivity index (χ2v) is 9.07. The molecule has 1 aromatic heterocycles. The summed E-state index contributed by atoms with van der Waals surface area (Å²) >= 11 is 0. The number of anilines is 5. The van der Waals surface area contributed by atoms with Gasteiger partial charge in [0.05, 0.1) is 31.8 Å². The van der Waals surface area contributed by atoms with E-state index in [-0.39, 0.29) is 17.4 Å². The number of hydrogen-bond donors (Lipinski definition) is 3. The standard InChI is InChI=1S/C29H34N8O3/c1-5-27(38)33-25-16-22(37-13-11-36(6-2)12-14-37)7-9-24(25)34-29-32-19-21(17-30)28(35-29)31-18-20-15-23(39-3)8-10-26(20)40-4/h5,7-10,15-16,19H,1,6,11-14,18H2,2-4H3,(H,33,38)(H2,31,32,34,35). The molecular weight excluding hydrogens is 508 g/mol. The van der Waals surface area contributed by atoms with E-state index in [4.69, 9.17) is 9.47 Å². The number of carbonyl (C=O) groups excluding carboxylic acids is 1. The maximum atomic E-state index is 12.2. The number of nitrogens with zero attached hydrogens (tertiary/aromatic N) is 5. The van der Waals surface area contributed by atoms with E-state index in [0.29, 0.717) is 35.2 Å². The largest absolute Gasteiger partial charge is 0.497 e. The van der Waals surface area contributed by atoms with E-state index >= 15 is 0 Å². The number of aromatic nitrogens is 2. The number of amides is 1. The molecule has 0 bridgehead atoms. The third-order valence-electron chi connectivity index (χ3n) is 6.72. The van der Waals surface area contributed by atoms with Gasteiger partial charge in [-0.2, -0.15) is 10.2 Å². The van der Waals surface area contributed by atoms with Crippen molar-refractivity contribution in [2.45, 2.75) is 13.5 Å². The summed E-state index contributed by atoms with van der Waals surface area (Å²) in [5, 5.41) is 18.9. The first kappa shape index (κ1) is 28.2. The van der Waals surface area contributed by atoms with Gasteiger partial charge in [0.2, 0.25) is 11.9 Å². The molecule has 2 aromatic carbocycles. The Hall–Kier alpha value is -4.82. The number of rotatable bonds is 11. The number of piperazine rings is 1. The van der Waals surface area contributed by atoms with Gasteiger partial charge in [-0.3, -0.25) is 4.79 Å².